The second kappa shape index (κ2) is 7.14. The fourth-order valence-electron chi connectivity index (χ4n) is 1.39. The van der Waals surface area contributed by atoms with Crippen LogP contribution in [0.5, 0.6) is 11.5 Å². The number of hydrogen-bond donors (Lipinski definition) is 3. The lowest BCUT2D eigenvalue weighted by atomic mass is 10.3. The van der Waals surface area contributed by atoms with Crippen LogP contribution in [-0.4, -0.2) is 50.2 Å². The molecule has 0 aliphatic rings. The van der Waals surface area contributed by atoms with E-state index in [-0.39, 0.29) is 24.7 Å². The van der Waals surface area contributed by atoms with Crippen molar-refractivity contribution in [3.8, 4) is 11.5 Å². The van der Waals surface area contributed by atoms with Crippen LogP contribution in [0.15, 0.2) is 18.2 Å². The first-order chi connectivity index (χ1) is 9.81. The molecule has 0 aliphatic heterocycles. The maximum absolute atomic E-state index is 11.8. The molecule has 1 rings (SSSR count). The largest absolute Gasteiger partial charge is 0.493 e. The normalized spacial score (nSPS) is 12.5. The predicted molar refractivity (Wildman–Crippen MR) is 75.2 cm³/mol. The Morgan fingerprint density at radius 2 is 2.05 bits per heavy atom. The van der Waals surface area contributed by atoms with Gasteiger partial charge < -0.3 is 19.7 Å². The van der Waals surface area contributed by atoms with Crippen LogP contribution >= 0.6 is 0 Å². The Kier molecular flexibility index (Phi) is 5.79. The van der Waals surface area contributed by atoms with Crippen molar-refractivity contribution in [3.05, 3.63) is 18.2 Å². The highest BCUT2D eigenvalue weighted by molar-refractivity contribution is 7.94. The molecule has 0 spiro atoms. The fraction of sp³-hybridized carbons (Fsp3) is 0.417. The Balaban J connectivity index is 3.01. The Morgan fingerprint density at radius 3 is 2.57 bits per heavy atom. The van der Waals surface area contributed by atoms with E-state index in [0.29, 0.717) is 5.75 Å². The molecule has 9 heteroatoms. The standard InChI is InChI=1S/C12H17NO7S/c1-8(12(15)16)21(17,18)13-9-3-4-10(19-2)11(7-9)20-6-5-14/h3-4,7-8,13-14H,5-6H2,1-2H3,(H,15,16). The summed E-state index contributed by atoms with van der Waals surface area (Å²) in [6, 6.07) is 4.23. The van der Waals surface area contributed by atoms with Gasteiger partial charge in [0.25, 0.3) is 0 Å². The average molecular weight is 319 g/mol. The van der Waals surface area contributed by atoms with Crippen LogP contribution in [0.3, 0.4) is 0 Å². The molecule has 0 radical (unpaired) electrons. The number of aliphatic carboxylic acids is 1. The molecule has 1 aromatic rings. The van der Waals surface area contributed by atoms with Gasteiger partial charge in [0.15, 0.2) is 16.7 Å². The molecule has 8 nitrogen and oxygen atoms in total. The highest BCUT2D eigenvalue weighted by Gasteiger charge is 2.27. The SMILES string of the molecule is COc1ccc(NS(=O)(=O)C(C)C(=O)O)cc1OCCO. The minimum Gasteiger partial charge on any atom is -0.493 e. The molecular weight excluding hydrogens is 302 g/mol. The topological polar surface area (TPSA) is 122 Å². The Bertz CT molecular complexity index is 600. The van der Waals surface area contributed by atoms with Gasteiger partial charge in [0.05, 0.1) is 19.4 Å². The first-order valence-electron chi connectivity index (χ1n) is 5.98. The van der Waals surface area contributed by atoms with Crippen molar-refractivity contribution in [1.82, 2.24) is 0 Å². The summed E-state index contributed by atoms with van der Waals surface area (Å²) in [4.78, 5) is 10.8. The Labute approximate surface area is 122 Å². The fourth-order valence-corrected chi connectivity index (χ4v) is 2.29. The number of anilines is 1. The van der Waals surface area contributed by atoms with E-state index in [1.165, 1.54) is 25.3 Å². The number of sulfonamides is 1. The third kappa shape index (κ3) is 4.50. The number of hydrogen-bond acceptors (Lipinski definition) is 6. The minimum absolute atomic E-state index is 0.0120. The van der Waals surface area contributed by atoms with Gasteiger partial charge in [-0.1, -0.05) is 0 Å². The maximum Gasteiger partial charge on any atom is 0.323 e. The Hall–Kier alpha value is -2.00. The maximum atomic E-state index is 11.8. The van der Waals surface area contributed by atoms with Gasteiger partial charge in [0.1, 0.15) is 6.61 Å². The van der Waals surface area contributed by atoms with Crippen molar-refractivity contribution in [2.45, 2.75) is 12.2 Å². The molecule has 0 fully saturated rings. The summed E-state index contributed by atoms with van der Waals surface area (Å²) in [5.74, 6) is -0.861. The summed E-state index contributed by atoms with van der Waals surface area (Å²) in [5, 5.41) is 15.9. The van der Waals surface area contributed by atoms with E-state index in [9.17, 15) is 13.2 Å². The number of carboxylic acids is 1. The van der Waals surface area contributed by atoms with Crippen LogP contribution in [0, 0.1) is 0 Å². The van der Waals surface area contributed by atoms with Crippen molar-refractivity contribution in [2.24, 2.45) is 0 Å². The van der Waals surface area contributed by atoms with Gasteiger partial charge in [0, 0.05) is 6.07 Å². The molecule has 3 N–H and O–H groups in total. The lowest BCUT2D eigenvalue weighted by Crippen LogP contribution is -2.32. The number of methoxy groups -OCH3 is 1. The van der Waals surface area contributed by atoms with E-state index in [0.717, 1.165) is 6.92 Å². The zero-order valence-electron chi connectivity index (χ0n) is 11.6. The van der Waals surface area contributed by atoms with E-state index in [1.807, 2.05) is 0 Å². The van der Waals surface area contributed by atoms with E-state index < -0.39 is 21.2 Å². The molecule has 118 valence electrons. The van der Waals surface area contributed by atoms with Gasteiger partial charge in [-0.15, -0.1) is 0 Å². The van der Waals surface area contributed by atoms with Gasteiger partial charge in [-0.2, -0.15) is 0 Å². The summed E-state index contributed by atoms with van der Waals surface area (Å²) in [6.07, 6.45) is 0. The zero-order chi connectivity index (χ0) is 16.0. The van der Waals surface area contributed by atoms with Crippen LogP contribution in [0.2, 0.25) is 0 Å². The molecule has 0 saturated carbocycles. The van der Waals surface area contributed by atoms with Gasteiger partial charge in [-0.05, 0) is 19.1 Å². The Morgan fingerprint density at radius 1 is 1.38 bits per heavy atom. The number of carbonyl (C=O) groups is 1. The third-order valence-corrected chi connectivity index (χ3v) is 4.24. The minimum atomic E-state index is -4.06. The average Bonchev–Trinajstić information content (AvgIpc) is 2.43. The monoisotopic (exact) mass is 319 g/mol. The summed E-state index contributed by atoms with van der Waals surface area (Å²) in [5.41, 5.74) is 0.136. The molecule has 1 aromatic carbocycles. The molecule has 0 saturated heterocycles. The molecule has 0 aromatic heterocycles. The molecule has 21 heavy (non-hydrogen) atoms. The lowest BCUT2D eigenvalue weighted by molar-refractivity contribution is -0.136. The van der Waals surface area contributed by atoms with Crippen LogP contribution < -0.4 is 14.2 Å². The smallest absolute Gasteiger partial charge is 0.323 e. The van der Waals surface area contributed by atoms with Crippen molar-refractivity contribution >= 4 is 21.7 Å². The van der Waals surface area contributed by atoms with Crippen molar-refractivity contribution in [3.63, 3.8) is 0 Å². The summed E-state index contributed by atoms with van der Waals surface area (Å²) >= 11 is 0. The van der Waals surface area contributed by atoms with E-state index in [1.54, 1.807) is 0 Å². The number of rotatable bonds is 8. The zero-order valence-corrected chi connectivity index (χ0v) is 12.4. The van der Waals surface area contributed by atoms with Gasteiger partial charge >= 0.3 is 5.97 Å². The van der Waals surface area contributed by atoms with Crippen LogP contribution in [0.4, 0.5) is 5.69 Å². The number of aliphatic hydroxyl groups is 1. The van der Waals surface area contributed by atoms with Crippen molar-refractivity contribution < 1.29 is 32.9 Å². The second-order valence-corrected chi connectivity index (χ2v) is 6.07. The van der Waals surface area contributed by atoms with Gasteiger partial charge in [0.2, 0.25) is 10.0 Å². The van der Waals surface area contributed by atoms with E-state index in [4.69, 9.17) is 19.7 Å². The molecule has 0 bridgehead atoms. The van der Waals surface area contributed by atoms with E-state index >= 15 is 0 Å². The molecule has 0 aliphatic carbocycles. The number of nitrogens with one attached hydrogen (secondary N) is 1. The number of aliphatic hydroxyl groups excluding tert-OH is 1. The quantitative estimate of drug-likeness (QED) is 0.629. The first-order valence-corrected chi connectivity index (χ1v) is 7.52. The number of benzene rings is 1. The molecule has 0 amide bonds. The number of carboxylic acid groups (broad SMARTS) is 1. The molecule has 1 unspecified atom stereocenters. The predicted octanol–water partition coefficient (Wildman–Crippen LogP) is 0.281. The van der Waals surface area contributed by atoms with E-state index in [2.05, 4.69) is 4.72 Å². The third-order valence-electron chi connectivity index (χ3n) is 2.59. The highest BCUT2D eigenvalue weighted by Crippen LogP contribution is 2.30. The van der Waals surface area contributed by atoms with Crippen molar-refractivity contribution in [2.75, 3.05) is 25.0 Å². The molecule has 0 heterocycles. The van der Waals surface area contributed by atoms with Crippen LogP contribution in [0.25, 0.3) is 0 Å². The van der Waals surface area contributed by atoms with Crippen molar-refractivity contribution in [1.29, 1.82) is 0 Å². The first kappa shape index (κ1) is 17.1. The number of ether oxygens (including phenoxy) is 2. The summed E-state index contributed by atoms with van der Waals surface area (Å²) in [6.45, 7) is 0.866. The highest BCUT2D eigenvalue weighted by atomic mass is 32.2. The second-order valence-electron chi connectivity index (χ2n) is 4.07. The van der Waals surface area contributed by atoms with Crippen LogP contribution in [-0.2, 0) is 14.8 Å². The summed E-state index contributed by atoms with van der Waals surface area (Å²) < 4.78 is 36.0. The van der Waals surface area contributed by atoms with Gasteiger partial charge in [-0.3, -0.25) is 9.52 Å². The molecular formula is C12H17NO7S. The summed E-state index contributed by atoms with van der Waals surface area (Å²) in [7, 11) is -2.65. The lowest BCUT2D eigenvalue weighted by Gasteiger charge is -2.14. The molecule has 1 atom stereocenters. The van der Waals surface area contributed by atoms with Gasteiger partial charge in [-0.25, -0.2) is 8.42 Å². The van der Waals surface area contributed by atoms with Crippen LogP contribution in [0.1, 0.15) is 6.92 Å².